The van der Waals surface area contributed by atoms with Crippen LogP contribution in [-0.2, 0) is 35.1 Å². The number of epoxide rings is 1. The Bertz CT molecular complexity index is 1150. The predicted octanol–water partition coefficient (Wildman–Crippen LogP) is 1.58. The van der Waals surface area contributed by atoms with Gasteiger partial charge in [0.05, 0.1) is 39.5 Å². The number of hydrogen-bond acceptors (Lipinski definition) is 8. The van der Waals surface area contributed by atoms with E-state index in [1.165, 1.54) is 14.0 Å². The molecule has 2 heterocycles. The van der Waals surface area contributed by atoms with Gasteiger partial charge in [0.25, 0.3) is 0 Å². The number of carbonyl (C=O) groups excluding carboxylic acids is 4. The molecule has 13 heteroatoms. The third-order valence-electron chi connectivity index (χ3n) is 7.95. The van der Waals surface area contributed by atoms with Crippen LogP contribution in [0, 0.1) is 5.92 Å². The average molecular weight is 601 g/mol. The zero-order valence-corrected chi connectivity index (χ0v) is 24.3. The first-order valence-corrected chi connectivity index (χ1v) is 14.3. The van der Waals surface area contributed by atoms with E-state index in [9.17, 15) is 28.0 Å². The largest absolute Gasteiger partial charge is 0.497 e. The van der Waals surface area contributed by atoms with Gasteiger partial charge in [0, 0.05) is 36.6 Å². The summed E-state index contributed by atoms with van der Waals surface area (Å²) in [5.41, 5.74) is -0.364. The number of rotatable bonds is 14. The molecule has 0 radical (unpaired) electrons. The number of amides is 3. The lowest BCUT2D eigenvalue weighted by Crippen LogP contribution is -2.57. The summed E-state index contributed by atoms with van der Waals surface area (Å²) in [7, 11) is 1.53. The number of hydrogen-bond donors (Lipinski definition) is 3. The van der Waals surface area contributed by atoms with Crippen LogP contribution in [0.5, 0.6) is 5.75 Å². The second-order valence-corrected chi connectivity index (χ2v) is 11.6. The number of carbonyl (C=O) groups is 4. The van der Waals surface area contributed by atoms with Gasteiger partial charge in [0.15, 0.2) is 5.78 Å². The Hall–Kier alpha value is -3.16. The van der Waals surface area contributed by atoms with Gasteiger partial charge in [-0.15, -0.1) is 0 Å². The molecule has 0 spiro atoms. The van der Waals surface area contributed by atoms with E-state index in [2.05, 4.69) is 16.0 Å². The maximum atomic E-state index is 13.6. The fourth-order valence-corrected chi connectivity index (χ4v) is 5.23. The zero-order chi connectivity index (χ0) is 30.5. The quantitative estimate of drug-likeness (QED) is 0.274. The van der Waals surface area contributed by atoms with Gasteiger partial charge in [-0.3, -0.25) is 24.1 Å². The van der Waals surface area contributed by atoms with Crippen LogP contribution in [0.2, 0.25) is 0 Å². The highest BCUT2D eigenvalue weighted by Crippen LogP contribution is 2.45. The van der Waals surface area contributed by atoms with E-state index in [-0.39, 0.29) is 54.8 Å². The summed E-state index contributed by atoms with van der Waals surface area (Å²) < 4.78 is 42.8. The highest BCUT2D eigenvalue weighted by atomic mass is 19.3. The van der Waals surface area contributed by atoms with Gasteiger partial charge in [-0.25, -0.2) is 8.78 Å². The van der Waals surface area contributed by atoms with Crippen LogP contribution in [0.4, 0.5) is 8.78 Å². The monoisotopic (exact) mass is 600 g/mol. The Kier molecular flexibility index (Phi) is 10.2. The standard InChI is InChI=1S/C29H40F2N4O7.3H2/c1-18(32-24(36)16-35-8-10-41-11-9-35)26(38)34-23(12-19-4-6-21(40-3)7-5-19)27(39)33-22(25(37)28(2)17-42-28)13-20-14-29(30,31)15-20;;;/h4-7,18,20,22-23H,8-17H2,1-3H3,(H,32,36)(H,33,39)(H,34,38);3*1H. The van der Waals surface area contributed by atoms with Crippen LogP contribution in [-0.4, -0.2) is 105 Å². The number of ether oxygens (including phenoxy) is 3. The number of benzene rings is 1. The predicted molar refractivity (Wildman–Crippen MR) is 153 cm³/mol. The van der Waals surface area contributed by atoms with Crippen molar-refractivity contribution < 1.29 is 46.4 Å². The SMILES string of the molecule is COc1ccc(CC(NC(=O)C(C)NC(=O)CN2CCOCC2)C(=O)NC(CC2CC(F)(F)C2)C(=O)C2(C)CO2)cc1.[HH].[HH].[HH]. The molecule has 1 aliphatic carbocycles. The molecule has 11 nitrogen and oxygen atoms in total. The van der Waals surface area contributed by atoms with Crippen LogP contribution in [0.15, 0.2) is 24.3 Å². The van der Waals surface area contributed by atoms with Crippen LogP contribution in [0.25, 0.3) is 0 Å². The van der Waals surface area contributed by atoms with Gasteiger partial charge in [-0.05, 0) is 43.9 Å². The zero-order valence-electron chi connectivity index (χ0n) is 24.3. The number of methoxy groups -OCH3 is 1. The molecule has 1 aromatic rings. The van der Waals surface area contributed by atoms with Crippen molar-refractivity contribution >= 4 is 23.5 Å². The van der Waals surface area contributed by atoms with Crippen LogP contribution >= 0.6 is 0 Å². The summed E-state index contributed by atoms with van der Waals surface area (Å²) in [6.45, 7) is 5.70. The van der Waals surface area contributed by atoms with E-state index in [1.54, 1.807) is 31.2 Å². The van der Waals surface area contributed by atoms with Crippen molar-refractivity contribution in [3.8, 4) is 5.75 Å². The maximum absolute atomic E-state index is 13.6. The molecule has 2 saturated heterocycles. The minimum Gasteiger partial charge on any atom is -0.497 e. The molecule has 1 aromatic carbocycles. The third-order valence-corrected chi connectivity index (χ3v) is 7.95. The smallest absolute Gasteiger partial charge is 0.248 e. The van der Waals surface area contributed by atoms with Gasteiger partial charge < -0.3 is 30.2 Å². The minimum absolute atomic E-state index is 0. The number of halogens is 2. The molecule has 238 valence electrons. The fraction of sp³-hybridized carbons (Fsp3) is 0.655. The van der Waals surface area contributed by atoms with E-state index in [4.69, 9.17) is 14.2 Å². The first-order chi connectivity index (χ1) is 19.9. The van der Waals surface area contributed by atoms with Crippen LogP contribution in [0.3, 0.4) is 0 Å². The number of Topliss-reactive ketones (excluding diaryl/α,β-unsaturated/α-hetero) is 1. The average Bonchev–Trinajstić information content (AvgIpc) is 3.69. The van der Waals surface area contributed by atoms with Gasteiger partial charge in [0.2, 0.25) is 23.6 Å². The lowest BCUT2D eigenvalue weighted by molar-refractivity contribution is -0.137. The van der Waals surface area contributed by atoms with E-state index in [1.807, 2.05) is 4.90 Å². The van der Waals surface area contributed by atoms with E-state index < -0.39 is 47.4 Å². The lowest BCUT2D eigenvalue weighted by atomic mass is 9.76. The number of morpholine rings is 1. The molecule has 4 unspecified atom stereocenters. The highest BCUT2D eigenvalue weighted by molar-refractivity contribution is 5.98. The number of nitrogens with one attached hydrogen (secondary N) is 3. The van der Waals surface area contributed by atoms with Crippen molar-refractivity contribution in [2.45, 2.75) is 69.2 Å². The topological polar surface area (TPSA) is 139 Å². The molecule has 1 saturated carbocycles. The summed E-state index contributed by atoms with van der Waals surface area (Å²) in [6, 6.07) is 3.82. The second-order valence-electron chi connectivity index (χ2n) is 11.6. The molecular weight excluding hydrogens is 554 g/mol. The Morgan fingerprint density at radius 1 is 1.05 bits per heavy atom. The summed E-state index contributed by atoms with van der Waals surface area (Å²) >= 11 is 0. The number of nitrogens with zero attached hydrogens (tertiary/aromatic N) is 1. The van der Waals surface area contributed by atoms with Crippen molar-refractivity contribution in [1.29, 1.82) is 0 Å². The van der Waals surface area contributed by atoms with Crippen molar-refractivity contribution in [2.24, 2.45) is 5.92 Å². The molecule has 0 aromatic heterocycles. The number of ketones is 1. The highest BCUT2D eigenvalue weighted by Gasteiger charge is 2.53. The number of alkyl halides is 2. The van der Waals surface area contributed by atoms with Crippen molar-refractivity contribution in [1.82, 2.24) is 20.9 Å². The molecule has 2 aliphatic heterocycles. The van der Waals surface area contributed by atoms with Crippen molar-refractivity contribution in [3.63, 3.8) is 0 Å². The van der Waals surface area contributed by atoms with Crippen LogP contribution in [0.1, 0.15) is 43.0 Å². The van der Waals surface area contributed by atoms with Gasteiger partial charge in [-0.1, -0.05) is 12.1 Å². The molecular formula is C29H46F2N4O7. The Labute approximate surface area is 248 Å². The third kappa shape index (κ3) is 8.68. The fourth-order valence-electron chi connectivity index (χ4n) is 5.23. The normalized spacial score (nSPS) is 23.9. The molecule has 4 rings (SSSR count). The van der Waals surface area contributed by atoms with Gasteiger partial charge in [0.1, 0.15) is 23.4 Å². The lowest BCUT2D eigenvalue weighted by Gasteiger charge is -2.37. The molecule has 0 bridgehead atoms. The summed E-state index contributed by atoms with van der Waals surface area (Å²) in [5.74, 6) is -4.53. The molecule has 4 atom stereocenters. The molecule has 3 fully saturated rings. The molecule has 3 aliphatic rings. The van der Waals surface area contributed by atoms with Gasteiger partial charge in [-0.2, -0.15) is 0 Å². The van der Waals surface area contributed by atoms with E-state index in [0.29, 0.717) is 37.6 Å². The second kappa shape index (κ2) is 13.4. The van der Waals surface area contributed by atoms with Crippen molar-refractivity contribution in [2.75, 3.05) is 46.6 Å². The van der Waals surface area contributed by atoms with Crippen molar-refractivity contribution in [3.05, 3.63) is 29.8 Å². The first-order valence-electron chi connectivity index (χ1n) is 14.3. The molecule has 3 N–H and O–H groups in total. The Morgan fingerprint density at radius 2 is 1.67 bits per heavy atom. The van der Waals surface area contributed by atoms with E-state index in [0.717, 1.165) is 0 Å². The first kappa shape index (κ1) is 31.8. The molecule has 42 heavy (non-hydrogen) atoms. The van der Waals surface area contributed by atoms with Gasteiger partial charge >= 0.3 is 0 Å². The summed E-state index contributed by atoms with van der Waals surface area (Å²) in [4.78, 5) is 54.4. The summed E-state index contributed by atoms with van der Waals surface area (Å²) in [5, 5.41) is 8.08. The Morgan fingerprint density at radius 3 is 2.24 bits per heavy atom. The maximum Gasteiger partial charge on any atom is 0.248 e. The molecule has 3 amide bonds. The van der Waals surface area contributed by atoms with E-state index >= 15 is 0 Å². The Balaban J connectivity index is 0.00000337. The summed E-state index contributed by atoms with van der Waals surface area (Å²) in [6.07, 6.45) is -0.571. The minimum atomic E-state index is -2.77. The van der Waals surface area contributed by atoms with Crippen LogP contribution < -0.4 is 20.7 Å².